The lowest BCUT2D eigenvalue weighted by Crippen LogP contribution is -2.45. The van der Waals surface area contributed by atoms with E-state index in [4.69, 9.17) is 14.2 Å². The zero-order valence-corrected chi connectivity index (χ0v) is 18.8. The molecule has 1 amide bonds. The van der Waals surface area contributed by atoms with E-state index in [1.54, 1.807) is 42.5 Å². The zero-order valence-electron chi connectivity index (χ0n) is 18.0. The summed E-state index contributed by atoms with van der Waals surface area (Å²) in [5, 5.41) is 2.91. The number of nitrogens with zero attached hydrogens (tertiary/aromatic N) is 1. The molecule has 0 saturated carbocycles. The molecule has 1 N–H and O–H groups in total. The second-order valence-electron chi connectivity index (χ2n) is 7.27. The molecule has 3 rings (SSSR count). The fraction of sp³-hybridized carbons (Fsp3) is 0.409. The standard InChI is InChI=1S/C22H28N2O6S/c1-28-19-12-16(13-20(29-2)21(19)30-3)14-23-22(25)17-8-7-11-24(15-17)31(26,27)18-9-5-4-6-10-18/h4-6,9-10,12-13,17H,7-8,11,14-15H2,1-3H3,(H,23,25)/t17-/m0/s1. The Morgan fingerprint density at radius 2 is 1.71 bits per heavy atom. The summed E-state index contributed by atoms with van der Waals surface area (Å²) in [6, 6.07) is 11.8. The number of ether oxygens (including phenoxy) is 3. The lowest BCUT2D eigenvalue weighted by molar-refractivity contribution is -0.126. The number of methoxy groups -OCH3 is 3. The number of hydrogen-bond acceptors (Lipinski definition) is 6. The first-order valence-electron chi connectivity index (χ1n) is 10.0. The second-order valence-corrected chi connectivity index (χ2v) is 9.20. The highest BCUT2D eigenvalue weighted by molar-refractivity contribution is 7.89. The van der Waals surface area contributed by atoms with E-state index < -0.39 is 15.9 Å². The number of rotatable bonds is 8. The number of hydrogen-bond donors (Lipinski definition) is 1. The Morgan fingerprint density at radius 3 is 2.29 bits per heavy atom. The fourth-order valence-corrected chi connectivity index (χ4v) is 5.23. The van der Waals surface area contributed by atoms with Crippen LogP contribution in [0.2, 0.25) is 0 Å². The second kappa shape index (κ2) is 10.0. The highest BCUT2D eigenvalue weighted by Crippen LogP contribution is 2.38. The van der Waals surface area contributed by atoms with Crippen LogP contribution >= 0.6 is 0 Å². The van der Waals surface area contributed by atoms with E-state index in [1.165, 1.54) is 25.6 Å². The number of nitrogens with one attached hydrogen (secondary N) is 1. The van der Waals surface area contributed by atoms with Crippen LogP contribution in [0.1, 0.15) is 18.4 Å². The molecule has 1 atom stereocenters. The van der Waals surface area contributed by atoms with Gasteiger partial charge in [-0.25, -0.2) is 8.42 Å². The maximum atomic E-state index is 12.9. The number of sulfonamides is 1. The number of benzene rings is 2. The van der Waals surface area contributed by atoms with Crippen molar-refractivity contribution in [2.75, 3.05) is 34.4 Å². The predicted octanol–water partition coefficient (Wildman–Crippen LogP) is 2.43. The minimum atomic E-state index is -3.61. The maximum absolute atomic E-state index is 12.9. The molecule has 1 aliphatic heterocycles. The smallest absolute Gasteiger partial charge is 0.243 e. The summed E-state index contributed by atoms with van der Waals surface area (Å²) >= 11 is 0. The lowest BCUT2D eigenvalue weighted by Gasteiger charge is -2.31. The van der Waals surface area contributed by atoms with Crippen LogP contribution in [0, 0.1) is 5.92 Å². The van der Waals surface area contributed by atoms with Crippen LogP contribution in [0.3, 0.4) is 0 Å². The van der Waals surface area contributed by atoms with E-state index in [-0.39, 0.29) is 23.9 Å². The van der Waals surface area contributed by atoms with Crippen LogP contribution in [0.5, 0.6) is 17.2 Å². The first kappa shape index (κ1) is 22.9. The van der Waals surface area contributed by atoms with Gasteiger partial charge in [-0.3, -0.25) is 4.79 Å². The van der Waals surface area contributed by atoms with Crippen molar-refractivity contribution in [2.24, 2.45) is 5.92 Å². The lowest BCUT2D eigenvalue weighted by atomic mass is 9.98. The molecule has 0 aromatic heterocycles. The van der Waals surface area contributed by atoms with Gasteiger partial charge in [-0.2, -0.15) is 4.31 Å². The van der Waals surface area contributed by atoms with Crippen molar-refractivity contribution in [1.29, 1.82) is 0 Å². The van der Waals surface area contributed by atoms with Crippen LogP contribution in [0.25, 0.3) is 0 Å². The van der Waals surface area contributed by atoms with Crippen molar-refractivity contribution in [3.63, 3.8) is 0 Å². The van der Waals surface area contributed by atoms with Gasteiger partial charge >= 0.3 is 0 Å². The molecule has 1 heterocycles. The molecule has 0 radical (unpaired) electrons. The third-order valence-electron chi connectivity index (χ3n) is 5.33. The molecule has 2 aromatic carbocycles. The number of carbonyl (C=O) groups excluding carboxylic acids is 1. The molecule has 1 aliphatic rings. The van der Waals surface area contributed by atoms with Crippen LogP contribution in [0.15, 0.2) is 47.4 Å². The minimum absolute atomic E-state index is 0.165. The average Bonchev–Trinajstić information content (AvgIpc) is 2.82. The van der Waals surface area contributed by atoms with Gasteiger partial charge < -0.3 is 19.5 Å². The Hall–Kier alpha value is -2.78. The summed E-state index contributed by atoms with van der Waals surface area (Å²) in [6.45, 7) is 0.837. The van der Waals surface area contributed by atoms with Crippen LogP contribution in [-0.4, -0.2) is 53.0 Å². The van der Waals surface area contributed by atoms with E-state index >= 15 is 0 Å². The summed E-state index contributed by atoms with van der Waals surface area (Å²) in [4.78, 5) is 13.0. The predicted molar refractivity (Wildman–Crippen MR) is 116 cm³/mol. The number of carbonyl (C=O) groups is 1. The molecule has 0 spiro atoms. The van der Waals surface area contributed by atoms with Crippen molar-refractivity contribution < 1.29 is 27.4 Å². The van der Waals surface area contributed by atoms with Gasteiger partial charge in [0, 0.05) is 19.6 Å². The molecule has 9 heteroatoms. The largest absolute Gasteiger partial charge is 0.493 e. The molecule has 31 heavy (non-hydrogen) atoms. The Kier molecular flexibility index (Phi) is 7.40. The van der Waals surface area contributed by atoms with Gasteiger partial charge in [-0.1, -0.05) is 18.2 Å². The van der Waals surface area contributed by atoms with E-state index in [1.807, 2.05) is 0 Å². The van der Waals surface area contributed by atoms with Crippen molar-refractivity contribution in [3.05, 3.63) is 48.0 Å². The molecule has 0 unspecified atom stereocenters. The van der Waals surface area contributed by atoms with Crippen molar-refractivity contribution in [3.8, 4) is 17.2 Å². The first-order valence-corrected chi connectivity index (χ1v) is 11.5. The Bertz CT molecular complexity index is 985. The Balaban J connectivity index is 1.67. The minimum Gasteiger partial charge on any atom is -0.493 e. The van der Waals surface area contributed by atoms with E-state index in [0.717, 1.165) is 5.56 Å². The third-order valence-corrected chi connectivity index (χ3v) is 7.21. The molecule has 1 saturated heterocycles. The zero-order chi connectivity index (χ0) is 22.4. The van der Waals surface area contributed by atoms with Crippen molar-refractivity contribution >= 4 is 15.9 Å². The molecule has 0 aliphatic carbocycles. The van der Waals surface area contributed by atoms with E-state index in [0.29, 0.717) is 36.6 Å². The van der Waals surface area contributed by atoms with Gasteiger partial charge in [0.25, 0.3) is 0 Å². The summed E-state index contributed by atoms with van der Waals surface area (Å²) in [7, 11) is 0.975. The molecule has 0 bridgehead atoms. The summed E-state index contributed by atoms with van der Waals surface area (Å²) in [6.07, 6.45) is 1.27. The molecular weight excluding hydrogens is 420 g/mol. The van der Waals surface area contributed by atoms with E-state index in [9.17, 15) is 13.2 Å². The molecule has 168 valence electrons. The number of piperidine rings is 1. The van der Waals surface area contributed by atoms with E-state index in [2.05, 4.69) is 5.32 Å². The van der Waals surface area contributed by atoms with Crippen LogP contribution in [-0.2, 0) is 21.4 Å². The highest BCUT2D eigenvalue weighted by Gasteiger charge is 2.33. The highest BCUT2D eigenvalue weighted by atomic mass is 32.2. The van der Waals surface area contributed by atoms with Gasteiger partial charge in [0.05, 0.1) is 32.1 Å². The quantitative estimate of drug-likeness (QED) is 0.667. The SMILES string of the molecule is COc1cc(CNC(=O)[C@H]2CCCN(S(=O)(=O)c3ccccc3)C2)cc(OC)c1OC. The topological polar surface area (TPSA) is 94.2 Å². The monoisotopic (exact) mass is 448 g/mol. The third kappa shape index (κ3) is 5.11. The van der Waals surface area contributed by atoms with Gasteiger partial charge in [-0.15, -0.1) is 0 Å². The van der Waals surface area contributed by atoms with Crippen molar-refractivity contribution in [2.45, 2.75) is 24.3 Å². The van der Waals surface area contributed by atoms with Crippen LogP contribution < -0.4 is 19.5 Å². The Labute approximate surface area is 183 Å². The van der Waals surface area contributed by atoms with Gasteiger partial charge in [0.1, 0.15) is 0 Å². The van der Waals surface area contributed by atoms with Crippen LogP contribution in [0.4, 0.5) is 0 Å². The fourth-order valence-electron chi connectivity index (χ4n) is 3.69. The van der Waals surface area contributed by atoms with Gasteiger partial charge in [-0.05, 0) is 42.7 Å². The van der Waals surface area contributed by atoms with Gasteiger partial charge in [0.15, 0.2) is 11.5 Å². The molecule has 8 nitrogen and oxygen atoms in total. The average molecular weight is 449 g/mol. The normalized spacial score (nSPS) is 17.1. The maximum Gasteiger partial charge on any atom is 0.243 e. The Morgan fingerprint density at radius 1 is 1.06 bits per heavy atom. The van der Waals surface area contributed by atoms with Crippen molar-refractivity contribution in [1.82, 2.24) is 9.62 Å². The molecule has 2 aromatic rings. The molecule has 1 fully saturated rings. The summed E-state index contributed by atoms with van der Waals surface area (Å²) < 4.78 is 43.2. The number of amides is 1. The summed E-state index contributed by atoms with van der Waals surface area (Å²) in [5.41, 5.74) is 0.785. The summed E-state index contributed by atoms with van der Waals surface area (Å²) in [5.74, 6) is 0.901. The first-order chi connectivity index (χ1) is 14.9. The molecular formula is C22H28N2O6S. The van der Waals surface area contributed by atoms with Gasteiger partial charge in [0.2, 0.25) is 21.7 Å².